The van der Waals surface area contributed by atoms with Gasteiger partial charge >= 0.3 is 6.09 Å². The van der Waals surface area contributed by atoms with E-state index in [0.717, 1.165) is 19.3 Å². The van der Waals surface area contributed by atoms with Gasteiger partial charge in [-0.05, 0) is 46.0 Å². The van der Waals surface area contributed by atoms with Crippen LogP contribution in [0.25, 0.3) is 0 Å². The standard InChI is InChI=1S/C13H23NO2S/c1-8-10-6-5-9(7-11(8)17)14(10)12(15)16-13(2,3)4/h8-11,17H,5-7H2,1-4H3. The van der Waals surface area contributed by atoms with Gasteiger partial charge < -0.3 is 9.64 Å². The number of ether oxygens (including phenoxy) is 1. The monoisotopic (exact) mass is 257 g/mol. The topological polar surface area (TPSA) is 29.5 Å². The lowest BCUT2D eigenvalue weighted by molar-refractivity contribution is 0.00136. The Kier molecular flexibility index (Phi) is 3.36. The molecule has 17 heavy (non-hydrogen) atoms. The van der Waals surface area contributed by atoms with Crippen LogP contribution in [-0.4, -0.2) is 33.9 Å². The molecule has 0 aromatic rings. The largest absolute Gasteiger partial charge is 0.444 e. The second-order valence-electron chi connectivity index (χ2n) is 6.35. The summed E-state index contributed by atoms with van der Waals surface area (Å²) in [5, 5.41) is 0.422. The Morgan fingerprint density at radius 3 is 2.59 bits per heavy atom. The van der Waals surface area contributed by atoms with E-state index >= 15 is 0 Å². The van der Waals surface area contributed by atoms with Crippen LogP contribution in [0.15, 0.2) is 0 Å². The molecule has 0 aromatic carbocycles. The van der Waals surface area contributed by atoms with Crippen molar-refractivity contribution in [3.8, 4) is 0 Å². The maximum absolute atomic E-state index is 12.2. The molecule has 3 nitrogen and oxygen atoms in total. The molecule has 2 saturated heterocycles. The van der Waals surface area contributed by atoms with Crippen molar-refractivity contribution in [2.75, 3.05) is 0 Å². The van der Waals surface area contributed by atoms with Crippen molar-refractivity contribution >= 4 is 18.7 Å². The normalized spacial score (nSPS) is 37.1. The number of hydrogen-bond donors (Lipinski definition) is 1. The van der Waals surface area contributed by atoms with E-state index in [2.05, 4.69) is 19.6 Å². The minimum absolute atomic E-state index is 0.142. The van der Waals surface area contributed by atoms with Crippen molar-refractivity contribution in [3.63, 3.8) is 0 Å². The number of carbonyl (C=O) groups excluding carboxylic acids is 1. The zero-order valence-corrected chi connectivity index (χ0v) is 12.0. The highest BCUT2D eigenvalue weighted by Crippen LogP contribution is 2.41. The van der Waals surface area contributed by atoms with Crippen LogP contribution in [0.1, 0.15) is 47.0 Å². The summed E-state index contributed by atoms with van der Waals surface area (Å²) in [5.41, 5.74) is -0.405. The van der Waals surface area contributed by atoms with Crippen LogP contribution in [0.4, 0.5) is 4.79 Å². The predicted octanol–water partition coefficient (Wildman–Crippen LogP) is 3.09. The van der Waals surface area contributed by atoms with Gasteiger partial charge in [0.1, 0.15) is 5.60 Å². The maximum atomic E-state index is 12.2. The molecule has 4 heteroatoms. The second-order valence-corrected chi connectivity index (χ2v) is 7.01. The number of nitrogens with zero attached hydrogens (tertiary/aromatic N) is 1. The van der Waals surface area contributed by atoms with Crippen LogP contribution < -0.4 is 0 Å². The van der Waals surface area contributed by atoms with E-state index in [-0.39, 0.29) is 6.09 Å². The molecule has 0 aliphatic carbocycles. The van der Waals surface area contributed by atoms with E-state index in [9.17, 15) is 4.79 Å². The first-order chi connectivity index (χ1) is 7.79. The van der Waals surface area contributed by atoms with Gasteiger partial charge in [-0.15, -0.1) is 0 Å². The average molecular weight is 257 g/mol. The van der Waals surface area contributed by atoms with E-state index in [1.165, 1.54) is 0 Å². The number of amides is 1. The molecule has 0 radical (unpaired) electrons. The van der Waals surface area contributed by atoms with Crippen molar-refractivity contribution < 1.29 is 9.53 Å². The lowest BCUT2D eigenvalue weighted by Gasteiger charge is -2.42. The highest BCUT2D eigenvalue weighted by molar-refractivity contribution is 7.81. The Bertz CT molecular complexity index is 313. The fourth-order valence-electron chi connectivity index (χ4n) is 3.01. The summed E-state index contributed by atoms with van der Waals surface area (Å²) in [6.45, 7) is 7.95. The van der Waals surface area contributed by atoms with Gasteiger partial charge in [-0.1, -0.05) is 6.92 Å². The molecule has 2 aliphatic heterocycles. The first-order valence-corrected chi connectivity index (χ1v) is 7.00. The third-order valence-electron chi connectivity index (χ3n) is 3.88. The molecule has 2 heterocycles. The molecule has 1 amide bonds. The van der Waals surface area contributed by atoms with Crippen LogP contribution in [0.3, 0.4) is 0 Å². The van der Waals surface area contributed by atoms with Crippen LogP contribution in [0, 0.1) is 5.92 Å². The SMILES string of the molecule is CC1C(S)CC2CCC1N2C(=O)OC(C)(C)C. The Hall–Kier alpha value is -0.380. The van der Waals surface area contributed by atoms with Crippen molar-refractivity contribution in [2.45, 2.75) is 69.9 Å². The summed E-state index contributed by atoms with van der Waals surface area (Å²) in [6.07, 6.45) is 3.06. The minimum atomic E-state index is -0.405. The number of rotatable bonds is 0. The Morgan fingerprint density at radius 2 is 2.00 bits per heavy atom. The Morgan fingerprint density at radius 1 is 1.35 bits per heavy atom. The molecule has 98 valence electrons. The van der Waals surface area contributed by atoms with Gasteiger partial charge in [-0.3, -0.25) is 0 Å². The number of fused-ring (bicyclic) bond motifs is 2. The zero-order valence-electron chi connectivity index (χ0n) is 11.1. The molecule has 4 unspecified atom stereocenters. The Labute approximate surface area is 109 Å². The lowest BCUT2D eigenvalue weighted by atomic mass is 9.92. The molecule has 0 saturated carbocycles. The molecular formula is C13H23NO2S. The van der Waals surface area contributed by atoms with Crippen molar-refractivity contribution in [2.24, 2.45) is 5.92 Å². The van der Waals surface area contributed by atoms with E-state index in [0.29, 0.717) is 23.3 Å². The summed E-state index contributed by atoms with van der Waals surface area (Å²) in [5.74, 6) is 0.463. The van der Waals surface area contributed by atoms with Gasteiger partial charge in [0.2, 0.25) is 0 Å². The quantitative estimate of drug-likeness (QED) is 0.676. The smallest absolute Gasteiger partial charge is 0.410 e. The molecule has 2 aliphatic rings. The molecule has 0 spiro atoms. The molecule has 4 atom stereocenters. The molecule has 0 aromatic heterocycles. The highest BCUT2D eigenvalue weighted by atomic mass is 32.1. The highest BCUT2D eigenvalue weighted by Gasteiger charge is 2.47. The van der Waals surface area contributed by atoms with Gasteiger partial charge in [0, 0.05) is 17.3 Å². The first kappa shape index (κ1) is 13.1. The zero-order chi connectivity index (χ0) is 12.8. The third kappa shape index (κ3) is 2.56. The van der Waals surface area contributed by atoms with E-state index in [4.69, 9.17) is 4.74 Å². The fraction of sp³-hybridized carbons (Fsp3) is 0.923. The summed E-state index contributed by atoms with van der Waals surface area (Å²) in [4.78, 5) is 14.2. The van der Waals surface area contributed by atoms with Crippen LogP contribution in [0.2, 0.25) is 0 Å². The van der Waals surface area contributed by atoms with E-state index in [1.54, 1.807) is 0 Å². The van der Waals surface area contributed by atoms with Crippen LogP contribution in [-0.2, 0) is 4.74 Å². The van der Waals surface area contributed by atoms with Crippen LogP contribution in [0.5, 0.6) is 0 Å². The van der Waals surface area contributed by atoms with Gasteiger partial charge in [0.25, 0.3) is 0 Å². The molecule has 0 N–H and O–H groups in total. The van der Waals surface area contributed by atoms with Crippen molar-refractivity contribution in [1.29, 1.82) is 0 Å². The van der Waals surface area contributed by atoms with Gasteiger partial charge in [0.15, 0.2) is 0 Å². The fourth-order valence-corrected chi connectivity index (χ4v) is 3.45. The van der Waals surface area contributed by atoms with E-state index in [1.807, 2.05) is 25.7 Å². The average Bonchev–Trinajstić information content (AvgIpc) is 2.51. The maximum Gasteiger partial charge on any atom is 0.410 e. The first-order valence-electron chi connectivity index (χ1n) is 6.49. The summed E-state index contributed by atoms with van der Waals surface area (Å²) in [7, 11) is 0. The van der Waals surface area contributed by atoms with Crippen LogP contribution >= 0.6 is 12.6 Å². The predicted molar refractivity (Wildman–Crippen MR) is 71.4 cm³/mol. The number of carbonyl (C=O) groups is 1. The molecule has 2 bridgehead atoms. The van der Waals surface area contributed by atoms with Gasteiger partial charge in [-0.25, -0.2) is 4.79 Å². The van der Waals surface area contributed by atoms with E-state index < -0.39 is 5.60 Å². The summed E-state index contributed by atoms with van der Waals surface area (Å²) < 4.78 is 5.50. The van der Waals surface area contributed by atoms with Gasteiger partial charge in [-0.2, -0.15) is 12.6 Å². The van der Waals surface area contributed by atoms with Crippen molar-refractivity contribution in [1.82, 2.24) is 4.90 Å². The third-order valence-corrected chi connectivity index (χ3v) is 4.56. The molecule has 2 rings (SSSR count). The Balaban J connectivity index is 2.10. The van der Waals surface area contributed by atoms with Crippen molar-refractivity contribution in [3.05, 3.63) is 0 Å². The second kappa shape index (κ2) is 4.38. The number of hydrogen-bond acceptors (Lipinski definition) is 3. The van der Waals surface area contributed by atoms with Gasteiger partial charge in [0.05, 0.1) is 0 Å². The summed E-state index contributed by atoms with van der Waals surface area (Å²) in [6, 6.07) is 0.666. The summed E-state index contributed by atoms with van der Waals surface area (Å²) >= 11 is 4.63. The molecular weight excluding hydrogens is 234 g/mol. The minimum Gasteiger partial charge on any atom is -0.444 e. The molecule has 2 fully saturated rings. The lowest BCUT2D eigenvalue weighted by Crippen LogP contribution is -2.52. The number of thiol groups is 1. The number of piperidine rings is 1.